The number of rotatable bonds is 2. The van der Waals surface area contributed by atoms with Crippen LogP contribution in [0.3, 0.4) is 0 Å². The van der Waals surface area contributed by atoms with Crippen molar-refractivity contribution in [2.45, 2.75) is 39.3 Å². The molecule has 1 aromatic carbocycles. The van der Waals surface area contributed by atoms with Crippen LogP contribution in [0.2, 0.25) is 0 Å². The maximum absolute atomic E-state index is 11.7. The molecule has 0 fully saturated rings. The molecule has 1 amide bonds. The largest absolute Gasteiger partial charge is 0.459 e. The first-order valence-electron chi connectivity index (χ1n) is 6.33. The number of amides is 1. The van der Waals surface area contributed by atoms with Crippen molar-refractivity contribution < 1.29 is 13.9 Å². The fourth-order valence-corrected chi connectivity index (χ4v) is 1.77. The van der Waals surface area contributed by atoms with Crippen LogP contribution in [0.25, 0.3) is 11.0 Å². The molecule has 1 N–H and O–H groups in total. The highest BCUT2D eigenvalue weighted by Gasteiger charge is 2.19. The quantitative estimate of drug-likeness (QED) is 0.888. The summed E-state index contributed by atoms with van der Waals surface area (Å²) < 4.78 is 10.9. The third-order valence-corrected chi connectivity index (χ3v) is 2.60. The first kappa shape index (κ1) is 13.5. The smallest absolute Gasteiger partial charge is 0.408 e. The van der Waals surface area contributed by atoms with Gasteiger partial charge < -0.3 is 14.5 Å². The van der Waals surface area contributed by atoms with Crippen LogP contribution < -0.4 is 5.32 Å². The normalized spacial score (nSPS) is 13.3. The van der Waals surface area contributed by atoms with Crippen LogP contribution in [-0.4, -0.2) is 11.7 Å². The van der Waals surface area contributed by atoms with Crippen molar-refractivity contribution in [3.05, 3.63) is 36.1 Å². The Bertz CT molecular complexity index is 547. The van der Waals surface area contributed by atoms with Gasteiger partial charge in [0, 0.05) is 5.39 Å². The number of benzene rings is 1. The molecule has 1 atom stereocenters. The lowest BCUT2D eigenvalue weighted by Crippen LogP contribution is -2.33. The van der Waals surface area contributed by atoms with E-state index in [9.17, 15) is 4.79 Å². The molecule has 0 radical (unpaired) electrons. The third-order valence-electron chi connectivity index (χ3n) is 2.60. The summed E-state index contributed by atoms with van der Waals surface area (Å²) >= 11 is 0. The molecule has 4 heteroatoms. The van der Waals surface area contributed by atoms with E-state index in [1.54, 1.807) is 0 Å². The van der Waals surface area contributed by atoms with Crippen molar-refractivity contribution in [2.75, 3.05) is 0 Å². The lowest BCUT2D eigenvalue weighted by molar-refractivity contribution is 0.0502. The van der Waals surface area contributed by atoms with Gasteiger partial charge >= 0.3 is 6.09 Å². The molecule has 4 nitrogen and oxygen atoms in total. The van der Waals surface area contributed by atoms with Gasteiger partial charge in [0.1, 0.15) is 16.9 Å². The van der Waals surface area contributed by atoms with E-state index in [1.807, 2.05) is 58.0 Å². The zero-order valence-corrected chi connectivity index (χ0v) is 11.7. The van der Waals surface area contributed by atoms with Crippen LogP contribution in [-0.2, 0) is 4.74 Å². The van der Waals surface area contributed by atoms with Gasteiger partial charge in [-0.2, -0.15) is 0 Å². The fourth-order valence-electron chi connectivity index (χ4n) is 1.77. The van der Waals surface area contributed by atoms with Crippen molar-refractivity contribution in [2.24, 2.45) is 0 Å². The standard InChI is InChI=1S/C15H19NO3/c1-10(16-14(17)19-15(2,3)4)13-9-11-7-5-6-8-12(11)18-13/h5-10H,1-4H3,(H,16,17)/t10-/m0/s1. The lowest BCUT2D eigenvalue weighted by atomic mass is 10.2. The zero-order valence-electron chi connectivity index (χ0n) is 11.7. The zero-order chi connectivity index (χ0) is 14.0. The summed E-state index contributed by atoms with van der Waals surface area (Å²) in [6.45, 7) is 7.36. The van der Waals surface area contributed by atoms with Crippen LogP contribution in [0.4, 0.5) is 4.79 Å². The molecule has 1 heterocycles. The molecule has 0 bridgehead atoms. The van der Waals surface area contributed by atoms with E-state index in [4.69, 9.17) is 9.15 Å². The third kappa shape index (κ3) is 3.50. The van der Waals surface area contributed by atoms with Crippen LogP contribution in [0.15, 0.2) is 34.7 Å². The summed E-state index contributed by atoms with van der Waals surface area (Å²) in [6.07, 6.45) is -0.444. The highest BCUT2D eigenvalue weighted by atomic mass is 16.6. The minimum Gasteiger partial charge on any atom is -0.459 e. The second-order valence-electron chi connectivity index (χ2n) is 5.55. The average molecular weight is 261 g/mol. The lowest BCUT2D eigenvalue weighted by Gasteiger charge is -2.21. The average Bonchev–Trinajstić information content (AvgIpc) is 2.69. The maximum Gasteiger partial charge on any atom is 0.408 e. The highest BCUT2D eigenvalue weighted by molar-refractivity contribution is 5.78. The van der Waals surface area contributed by atoms with Crippen LogP contribution in [0.1, 0.15) is 39.5 Å². The summed E-state index contributed by atoms with van der Waals surface area (Å²) in [5.74, 6) is 0.715. The van der Waals surface area contributed by atoms with Gasteiger partial charge in [-0.15, -0.1) is 0 Å². The monoisotopic (exact) mass is 261 g/mol. The first-order valence-corrected chi connectivity index (χ1v) is 6.33. The Morgan fingerprint density at radius 1 is 1.32 bits per heavy atom. The minimum atomic E-state index is -0.502. The molecule has 0 aliphatic rings. The predicted octanol–water partition coefficient (Wildman–Crippen LogP) is 4.02. The molecule has 0 aliphatic carbocycles. The molecule has 1 aromatic heterocycles. The Labute approximate surface area is 112 Å². The summed E-state index contributed by atoms with van der Waals surface area (Å²) in [6, 6.07) is 9.44. The van der Waals surface area contributed by atoms with E-state index in [1.165, 1.54) is 0 Å². The van der Waals surface area contributed by atoms with E-state index < -0.39 is 11.7 Å². The van der Waals surface area contributed by atoms with Gasteiger partial charge in [0.25, 0.3) is 0 Å². The van der Waals surface area contributed by atoms with E-state index in [0.29, 0.717) is 5.76 Å². The fraction of sp³-hybridized carbons (Fsp3) is 0.400. The van der Waals surface area contributed by atoms with Crippen molar-refractivity contribution in [3.8, 4) is 0 Å². The Hall–Kier alpha value is -1.97. The Morgan fingerprint density at radius 2 is 2.00 bits per heavy atom. The number of fused-ring (bicyclic) bond motifs is 1. The van der Waals surface area contributed by atoms with E-state index >= 15 is 0 Å². The summed E-state index contributed by atoms with van der Waals surface area (Å²) in [4.78, 5) is 11.7. The van der Waals surface area contributed by atoms with Gasteiger partial charge in [-0.1, -0.05) is 18.2 Å². The number of furan rings is 1. The number of hydrogen-bond acceptors (Lipinski definition) is 3. The highest BCUT2D eigenvalue weighted by Crippen LogP contribution is 2.23. The molecule has 0 spiro atoms. The summed E-state index contributed by atoms with van der Waals surface area (Å²) in [5, 5.41) is 3.78. The van der Waals surface area contributed by atoms with Crippen molar-refractivity contribution in [3.63, 3.8) is 0 Å². The molecule has 2 aromatic rings. The van der Waals surface area contributed by atoms with Gasteiger partial charge in [0.15, 0.2) is 0 Å². The predicted molar refractivity (Wildman–Crippen MR) is 74.0 cm³/mol. The first-order chi connectivity index (χ1) is 8.85. The number of carbonyl (C=O) groups is 1. The van der Waals surface area contributed by atoms with Gasteiger partial charge in [-0.25, -0.2) is 4.79 Å². The van der Waals surface area contributed by atoms with E-state index in [0.717, 1.165) is 11.0 Å². The van der Waals surface area contributed by atoms with Crippen molar-refractivity contribution >= 4 is 17.1 Å². The Balaban J connectivity index is 2.07. The number of carbonyl (C=O) groups excluding carboxylic acids is 1. The van der Waals surface area contributed by atoms with E-state index in [2.05, 4.69) is 5.32 Å². The number of alkyl carbamates (subject to hydrolysis) is 1. The maximum atomic E-state index is 11.7. The second kappa shape index (κ2) is 4.96. The molecule has 2 rings (SSSR count). The molecular weight excluding hydrogens is 242 g/mol. The van der Waals surface area contributed by atoms with Gasteiger partial charge in [-0.05, 0) is 39.8 Å². The molecule has 0 saturated heterocycles. The SMILES string of the molecule is C[C@H](NC(=O)OC(C)(C)C)c1cc2ccccc2o1. The minimum absolute atomic E-state index is 0.234. The Morgan fingerprint density at radius 3 is 2.63 bits per heavy atom. The number of hydrogen-bond donors (Lipinski definition) is 1. The van der Waals surface area contributed by atoms with Crippen molar-refractivity contribution in [1.82, 2.24) is 5.32 Å². The van der Waals surface area contributed by atoms with Crippen molar-refractivity contribution in [1.29, 1.82) is 0 Å². The molecule has 0 aliphatic heterocycles. The summed E-state index contributed by atoms with van der Waals surface area (Å²) in [5.41, 5.74) is 0.313. The molecule has 0 unspecified atom stereocenters. The molecule has 19 heavy (non-hydrogen) atoms. The number of para-hydroxylation sites is 1. The molecule has 102 valence electrons. The van der Waals surface area contributed by atoms with Gasteiger partial charge in [0.2, 0.25) is 0 Å². The van der Waals surface area contributed by atoms with Gasteiger partial charge in [0.05, 0.1) is 6.04 Å². The molecular formula is C15H19NO3. The van der Waals surface area contributed by atoms with E-state index in [-0.39, 0.29) is 6.04 Å². The van der Waals surface area contributed by atoms with Gasteiger partial charge in [-0.3, -0.25) is 0 Å². The summed E-state index contributed by atoms with van der Waals surface area (Å²) in [7, 11) is 0. The Kier molecular flexibility index (Phi) is 3.51. The van der Waals surface area contributed by atoms with Crippen LogP contribution in [0, 0.1) is 0 Å². The van der Waals surface area contributed by atoms with Crippen LogP contribution in [0.5, 0.6) is 0 Å². The topological polar surface area (TPSA) is 51.5 Å². The molecule has 0 saturated carbocycles. The van der Waals surface area contributed by atoms with Crippen LogP contribution >= 0.6 is 0 Å². The number of nitrogens with one attached hydrogen (secondary N) is 1. The second-order valence-corrected chi connectivity index (χ2v) is 5.55. The number of ether oxygens (including phenoxy) is 1.